The Bertz CT molecular complexity index is 1310. The van der Waals surface area contributed by atoms with Crippen molar-refractivity contribution in [1.82, 2.24) is 9.88 Å². The molecular weight excluding hydrogens is 547 g/mol. The van der Waals surface area contributed by atoms with E-state index in [4.69, 9.17) is 4.65 Å². The van der Waals surface area contributed by atoms with Crippen molar-refractivity contribution in [1.29, 1.82) is 0 Å². The Hall–Kier alpha value is -2.75. The van der Waals surface area contributed by atoms with Crippen LogP contribution in [0, 0.1) is 23.7 Å². The maximum Gasteiger partial charge on any atom is 0.455 e. The topological polar surface area (TPSA) is 100.0 Å². The van der Waals surface area contributed by atoms with Gasteiger partial charge in [0.15, 0.2) is 0 Å². The van der Waals surface area contributed by atoms with Gasteiger partial charge in [-0.1, -0.05) is 41.4 Å². The minimum Gasteiger partial charge on any atom is -0.507 e. The third-order valence-electron chi connectivity index (χ3n) is 8.15. The van der Waals surface area contributed by atoms with Crippen LogP contribution in [0.4, 0.5) is 0 Å². The molecule has 1 aromatic carbocycles. The van der Waals surface area contributed by atoms with Gasteiger partial charge in [-0.2, -0.15) is 0 Å². The summed E-state index contributed by atoms with van der Waals surface area (Å²) in [4.78, 5) is 31.8. The lowest BCUT2D eigenvalue weighted by Gasteiger charge is -2.44. The van der Waals surface area contributed by atoms with E-state index in [0.717, 1.165) is 26.9 Å². The van der Waals surface area contributed by atoms with Crippen molar-refractivity contribution < 1.29 is 24.4 Å². The largest absolute Gasteiger partial charge is 0.507 e. The molecule has 2 aromatic rings. The molecule has 0 bridgehead atoms. The summed E-state index contributed by atoms with van der Waals surface area (Å²) in [5.41, 5.74) is 4.63. The summed E-state index contributed by atoms with van der Waals surface area (Å²) in [5.74, 6) is -0.960. The van der Waals surface area contributed by atoms with Crippen LogP contribution in [0.3, 0.4) is 0 Å². The van der Waals surface area contributed by atoms with Crippen LogP contribution in [0.25, 0.3) is 11.6 Å². The second kappa shape index (κ2) is 10.8. The minimum atomic E-state index is -1.01. The fraction of sp³-hybridized carbons (Fsp3) is 0.414. The van der Waals surface area contributed by atoms with Gasteiger partial charge >= 0.3 is 7.12 Å². The number of benzene rings is 1. The zero-order valence-electron chi connectivity index (χ0n) is 21.8. The number of phenolic OH excluding ortho intramolecular Hbond substituents is 1. The molecule has 2 saturated heterocycles. The van der Waals surface area contributed by atoms with Gasteiger partial charge in [0, 0.05) is 23.3 Å². The number of hydrogen-bond acceptors (Lipinski definition) is 6. The van der Waals surface area contributed by atoms with E-state index < -0.39 is 13.0 Å². The number of aromatic hydroxyl groups is 1. The SMILES string of the molecule is CC(C)C1=C2[C@@H](CC/C(=C/c3cc(Br)ccc3O)c3ccccn3)OB(O)C[C@@H]2[C@@H]2C(=O)N(C)C(=O)[C@@H]2C1. The number of amides is 2. The number of likely N-dealkylation sites (tertiary alicyclic amines) is 1. The molecule has 0 unspecified atom stereocenters. The Kier molecular flexibility index (Phi) is 7.62. The standard InChI is InChI=1S/C29H32BBrN2O5/c1-16(2)20-14-21-27(29(36)33(3)28(21)35)22-15-30(37)38-25(26(20)22)10-7-17(23-6-4-5-11-32-23)12-18-13-19(31)8-9-24(18)34/h4-6,8-9,11-13,16,21-22,25,27,34,37H,7,10,14-15H2,1-3H3/b17-12-/t21-,22+,25-,27-/m1/s1. The van der Waals surface area contributed by atoms with Crippen LogP contribution in [0.15, 0.2) is 58.2 Å². The summed E-state index contributed by atoms with van der Waals surface area (Å²) in [6.45, 7) is 4.23. The van der Waals surface area contributed by atoms with Crippen LogP contribution in [-0.4, -0.2) is 52.1 Å². The summed E-state index contributed by atoms with van der Waals surface area (Å²) in [6, 6.07) is 11.0. The number of rotatable bonds is 6. The predicted octanol–water partition coefficient (Wildman–Crippen LogP) is 4.95. The fourth-order valence-corrected chi connectivity index (χ4v) is 6.73. The summed E-state index contributed by atoms with van der Waals surface area (Å²) < 4.78 is 6.99. The first-order chi connectivity index (χ1) is 18.2. The van der Waals surface area contributed by atoms with Gasteiger partial charge in [0.1, 0.15) is 5.75 Å². The minimum absolute atomic E-state index is 0.121. The quantitative estimate of drug-likeness (QED) is 0.286. The molecular formula is C29H32BBrN2O5. The molecule has 0 saturated carbocycles. The van der Waals surface area contributed by atoms with E-state index in [1.165, 1.54) is 4.90 Å². The molecule has 2 amide bonds. The molecule has 38 heavy (non-hydrogen) atoms. The molecule has 3 heterocycles. The molecule has 7 nitrogen and oxygen atoms in total. The third-order valence-corrected chi connectivity index (χ3v) is 8.64. The molecule has 2 fully saturated rings. The number of pyridine rings is 1. The fourth-order valence-electron chi connectivity index (χ4n) is 6.35. The first kappa shape index (κ1) is 26.8. The lowest BCUT2D eigenvalue weighted by Crippen LogP contribution is -2.46. The molecule has 198 valence electrons. The predicted molar refractivity (Wildman–Crippen MR) is 150 cm³/mol. The van der Waals surface area contributed by atoms with Crippen LogP contribution in [0.2, 0.25) is 6.32 Å². The maximum absolute atomic E-state index is 13.1. The van der Waals surface area contributed by atoms with Crippen molar-refractivity contribution in [3.8, 4) is 5.75 Å². The van der Waals surface area contributed by atoms with E-state index in [1.807, 2.05) is 30.3 Å². The number of carbonyl (C=O) groups is 2. The highest BCUT2D eigenvalue weighted by atomic mass is 79.9. The number of hydrogen-bond donors (Lipinski definition) is 2. The number of phenols is 1. The van der Waals surface area contributed by atoms with Crippen LogP contribution >= 0.6 is 15.9 Å². The molecule has 9 heteroatoms. The number of nitrogens with zero attached hydrogens (tertiary/aromatic N) is 2. The molecule has 2 aliphatic heterocycles. The van der Waals surface area contributed by atoms with Gasteiger partial charge in [0.25, 0.3) is 0 Å². The van der Waals surface area contributed by atoms with Gasteiger partial charge in [-0.05, 0) is 85.0 Å². The lowest BCUT2D eigenvalue weighted by molar-refractivity contribution is -0.138. The average Bonchev–Trinajstić information content (AvgIpc) is 3.11. The summed E-state index contributed by atoms with van der Waals surface area (Å²) in [7, 11) is 0.554. The summed E-state index contributed by atoms with van der Waals surface area (Å²) >= 11 is 3.48. The highest BCUT2D eigenvalue weighted by molar-refractivity contribution is 9.10. The van der Waals surface area contributed by atoms with E-state index in [0.29, 0.717) is 31.1 Å². The molecule has 2 N–H and O–H groups in total. The molecule has 0 spiro atoms. The first-order valence-electron chi connectivity index (χ1n) is 13.1. The monoisotopic (exact) mass is 578 g/mol. The van der Waals surface area contributed by atoms with Gasteiger partial charge in [0.05, 0.1) is 23.6 Å². The smallest absolute Gasteiger partial charge is 0.455 e. The van der Waals surface area contributed by atoms with E-state index in [2.05, 4.69) is 34.8 Å². The number of allylic oxidation sites excluding steroid dienone is 2. The highest BCUT2D eigenvalue weighted by Crippen LogP contribution is 2.51. The van der Waals surface area contributed by atoms with Gasteiger partial charge < -0.3 is 14.8 Å². The summed E-state index contributed by atoms with van der Waals surface area (Å²) in [5, 5.41) is 21.2. The van der Waals surface area contributed by atoms with Gasteiger partial charge in [-0.25, -0.2) is 0 Å². The number of aromatic nitrogens is 1. The Balaban J connectivity index is 1.51. The van der Waals surface area contributed by atoms with Crippen LogP contribution in [0.5, 0.6) is 5.75 Å². The average molecular weight is 579 g/mol. The second-order valence-electron chi connectivity index (χ2n) is 10.8. The van der Waals surface area contributed by atoms with Crippen molar-refractivity contribution in [3.63, 3.8) is 0 Å². The Labute approximate surface area is 231 Å². The number of carbonyl (C=O) groups excluding carboxylic acids is 2. The normalized spacial score (nSPS) is 25.8. The molecule has 1 aromatic heterocycles. The Morgan fingerprint density at radius 3 is 2.74 bits per heavy atom. The zero-order valence-corrected chi connectivity index (χ0v) is 23.4. The maximum atomic E-state index is 13.1. The number of imide groups is 1. The van der Waals surface area contributed by atoms with Crippen molar-refractivity contribution in [2.45, 2.75) is 45.5 Å². The number of halogens is 1. The van der Waals surface area contributed by atoms with Crippen molar-refractivity contribution in [2.75, 3.05) is 7.05 Å². The molecule has 4 atom stereocenters. The lowest BCUT2D eigenvalue weighted by atomic mass is 9.57. The Morgan fingerprint density at radius 1 is 1.24 bits per heavy atom. The van der Waals surface area contributed by atoms with Gasteiger partial charge in [0.2, 0.25) is 11.8 Å². The number of fused-ring (bicyclic) bond motifs is 3. The molecule has 1 aliphatic carbocycles. The second-order valence-corrected chi connectivity index (χ2v) is 11.7. The summed E-state index contributed by atoms with van der Waals surface area (Å²) in [6.07, 6.45) is 5.27. The first-order valence-corrected chi connectivity index (χ1v) is 13.9. The van der Waals surface area contributed by atoms with Crippen LogP contribution in [-0.2, 0) is 14.2 Å². The van der Waals surface area contributed by atoms with E-state index in [1.54, 1.807) is 25.4 Å². The Morgan fingerprint density at radius 2 is 2.03 bits per heavy atom. The van der Waals surface area contributed by atoms with Gasteiger partial charge in [-0.3, -0.25) is 19.5 Å². The van der Waals surface area contributed by atoms with E-state index in [-0.39, 0.29) is 41.4 Å². The van der Waals surface area contributed by atoms with Crippen molar-refractivity contribution in [3.05, 3.63) is 69.5 Å². The molecule has 3 aliphatic rings. The van der Waals surface area contributed by atoms with E-state index in [9.17, 15) is 19.7 Å². The highest BCUT2D eigenvalue weighted by Gasteiger charge is 2.56. The zero-order chi connectivity index (χ0) is 27.1. The third kappa shape index (κ3) is 4.99. The van der Waals surface area contributed by atoms with Crippen molar-refractivity contribution >= 4 is 46.5 Å². The van der Waals surface area contributed by atoms with Crippen molar-refractivity contribution in [2.24, 2.45) is 23.7 Å². The van der Waals surface area contributed by atoms with Crippen LogP contribution in [0.1, 0.15) is 44.4 Å². The molecule has 5 rings (SSSR count). The molecule has 0 radical (unpaired) electrons. The van der Waals surface area contributed by atoms with Gasteiger partial charge in [-0.15, -0.1) is 0 Å². The van der Waals surface area contributed by atoms with Crippen LogP contribution < -0.4 is 0 Å². The van der Waals surface area contributed by atoms with E-state index >= 15 is 0 Å².